The number of aryl methyl sites for hydroxylation is 1. The fourth-order valence-electron chi connectivity index (χ4n) is 1.72. The average molecular weight is 273 g/mol. The van der Waals surface area contributed by atoms with Crippen molar-refractivity contribution in [2.75, 3.05) is 0 Å². The molecule has 0 saturated carbocycles. The molecule has 2 rings (SSSR count). The summed E-state index contributed by atoms with van der Waals surface area (Å²) in [6, 6.07) is 8.70. The Balaban J connectivity index is 1.98. The highest BCUT2D eigenvalue weighted by atomic mass is 16.4. The number of nitrogens with one attached hydrogen (secondary N) is 1. The molecule has 20 heavy (non-hydrogen) atoms. The van der Waals surface area contributed by atoms with Crippen molar-refractivity contribution in [3.05, 3.63) is 53.3 Å². The van der Waals surface area contributed by atoms with Crippen molar-refractivity contribution in [3.63, 3.8) is 0 Å². The maximum atomic E-state index is 11.9. The Labute approximate surface area is 115 Å². The molecule has 7 heteroatoms. The van der Waals surface area contributed by atoms with Gasteiger partial charge in [-0.2, -0.15) is 5.10 Å². The lowest BCUT2D eigenvalue weighted by Crippen LogP contribution is -2.25. The first-order chi connectivity index (χ1) is 9.61. The van der Waals surface area contributed by atoms with Gasteiger partial charge in [-0.1, -0.05) is 29.4 Å². The van der Waals surface area contributed by atoms with Crippen LogP contribution < -0.4 is 11.1 Å². The quantitative estimate of drug-likeness (QED) is 0.325. The first-order valence-electron chi connectivity index (χ1n) is 5.95. The number of aromatic nitrogens is 2. The summed E-state index contributed by atoms with van der Waals surface area (Å²) in [6.45, 7) is 0.389. The minimum Gasteiger partial charge on any atom is -0.409 e. The first kappa shape index (κ1) is 13.6. The Morgan fingerprint density at radius 1 is 1.40 bits per heavy atom. The lowest BCUT2D eigenvalue weighted by Gasteiger charge is -2.06. The molecule has 2 aromatic rings. The monoisotopic (exact) mass is 273 g/mol. The molecule has 1 aromatic carbocycles. The third kappa shape index (κ3) is 2.94. The van der Waals surface area contributed by atoms with Crippen molar-refractivity contribution in [2.24, 2.45) is 17.9 Å². The average Bonchev–Trinajstić information content (AvgIpc) is 2.90. The van der Waals surface area contributed by atoms with E-state index >= 15 is 0 Å². The Kier molecular flexibility index (Phi) is 3.99. The van der Waals surface area contributed by atoms with E-state index in [2.05, 4.69) is 15.6 Å². The molecule has 1 heterocycles. The smallest absolute Gasteiger partial charge is 0.269 e. The molecule has 1 amide bonds. The van der Waals surface area contributed by atoms with E-state index in [1.54, 1.807) is 43.6 Å². The predicted molar refractivity (Wildman–Crippen MR) is 73.3 cm³/mol. The molecule has 0 aliphatic rings. The third-order valence-electron chi connectivity index (χ3n) is 2.86. The van der Waals surface area contributed by atoms with Gasteiger partial charge < -0.3 is 16.3 Å². The fourth-order valence-corrected chi connectivity index (χ4v) is 1.72. The summed E-state index contributed by atoms with van der Waals surface area (Å²) in [5.74, 6) is -0.138. The zero-order valence-corrected chi connectivity index (χ0v) is 10.9. The molecule has 4 N–H and O–H groups in total. The molecule has 7 nitrogen and oxygen atoms in total. The van der Waals surface area contributed by atoms with Crippen molar-refractivity contribution >= 4 is 11.7 Å². The Morgan fingerprint density at radius 3 is 2.65 bits per heavy atom. The van der Waals surface area contributed by atoms with E-state index in [-0.39, 0.29) is 11.7 Å². The van der Waals surface area contributed by atoms with Gasteiger partial charge in [0, 0.05) is 25.4 Å². The highest BCUT2D eigenvalue weighted by Crippen LogP contribution is 2.05. The number of amidine groups is 1. The van der Waals surface area contributed by atoms with Crippen LogP contribution in [-0.4, -0.2) is 26.7 Å². The van der Waals surface area contributed by atoms with Crippen LogP contribution in [0.5, 0.6) is 0 Å². The minimum atomic E-state index is -0.189. The zero-order chi connectivity index (χ0) is 14.5. The van der Waals surface area contributed by atoms with Crippen LogP contribution in [0.25, 0.3) is 0 Å². The Morgan fingerprint density at radius 2 is 2.10 bits per heavy atom. The molecule has 1 aromatic heterocycles. The maximum absolute atomic E-state index is 11.9. The number of benzene rings is 1. The van der Waals surface area contributed by atoms with E-state index in [1.807, 2.05) is 0 Å². The number of hydrogen-bond donors (Lipinski definition) is 3. The Bertz CT molecular complexity index is 630. The van der Waals surface area contributed by atoms with E-state index < -0.39 is 0 Å². The van der Waals surface area contributed by atoms with Crippen LogP contribution in [0.1, 0.15) is 21.6 Å². The van der Waals surface area contributed by atoms with Gasteiger partial charge >= 0.3 is 0 Å². The third-order valence-corrected chi connectivity index (χ3v) is 2.86. The molecule has 0 aliphatic carbocycles. The van der Waals surface area contributed by atoms with Crippen LogP contribution in [0.2, 0.25) is 0 Å². The molecule has 0 aliphatic heterocycles. The number of carbonyl (C=O) groups is 1. The van der Waals surface area contributed by atoms with Gasteiger partial charge in [-0.15, -0.1) is 0 Å². The first-order valence-corrected chi connectivity index (χ1v) is 5.95. The van der Waals surface area contributed by atoms with Gasteiger partial charge in [-0.25, -0.2) is 0 Å². The molecular weight excluding hydrogens is 258 g/mol. The molecule has 0 radical (unpaired) electrons. The predicted octanol–water partition coefficient (Wildman–Crippen LogP) is 0.445. The summed E-state index contributed by atoms with van der Waals surface area (Å²) in [5, 5.41) is 18.2. The molecule has 0 bridgehead atoms. The van der Waals surface area contributed by atoms with Crippen molar-refractivity contribution in [1.29, 1.82) is 0 Å². The van der Waals surface area contributed by atoms with Crippen LogP contribution >= 0.6 is 0 Å². The fraction of sp³-hybridized carbons (Fsp3) is 0.154. The second-order valence-electron chi connectivity index (χ2n) is 4.20. The zero-order valence-electron chi connectivity index (χ0n) is 10.9. The van der Waals surface area contributed by atoms with Gasteiger partial charge in [-0.05, 0) is 11.6 Å². The summed E-state index contributed by atoms with van der Waals surface area (Å²) in [4.78, 5) is 11.9. The molecule has 0 fully saturated rings. The van der Waals surface area contributed by atoms with E-state index in [4.69, 9.17) is 10.9 Å². The van der Waals surface area contributed by atoms with Gasteiger partial charge in [0.2, 0.25) is 0 Å². The highest BCUT2D eigenvalue weighted by molar-refractivity contribution is 5.97. The largest absolute Gasteiger partial charge is 0.409 e. The summed E-state index contributed by atoms with van der Waals surface area (Å²) in [7, 11) is 1.71. The SMILES string of the molecule is Cn1nccc1C(=O)NCc1ccc(C(N)=NO)cc1. The molecule has 0 unspecified atom stereocenters. The van der Waals surface area contributed by atoms with Crippen LogP contribution in [0.4, 0.5) is 0 Å². The van der Waals surface area contributed by atoms with Gasteiger partial charge in [0.1, 0.15) is 5.69 Å². The van der Waals surface area contributed by atoms with Crippen molar-refractivity contribution in [3.8, 4) is 0 Å². The van der Waals surface area contributed by atoms with Gasteiger partial charge in [0.05, 0.1) is 0 Å². The summed E-state index contributed by atoms with van der Waals surface area (Å²) < 4.78 is 1.51. The maximum Gasteiger partial charge on any atom is 0.269 e. The number of carbonyl (C=O) groups excluding carboxylic acids is 1. The lowest BCUT2D eigenvalue weighted by atomic mass is 10.1. The molecular formula is C13H15N5O2. The van der Waals surface area contributed by atoms with Gasteiger partial charge in [0.25, 0.3) is 5.91 Å². The van der Waals surface area contributed by atoms with Crippen molar-refractivity contribution in [1.82, 2.24) is 15.1 Å². The molecule has 0 spiro atoms. The molecule has 0 atom stereocenters. The second-order valence-corrected chi connectivity index (χ2v) is 4.20. The summed E-state index contributed by atoms with van der Waals surface area (Å²) in [6.07, 6.45) is 1.57. The molecule has 104 valence electrons. The van der Waals surface area contributed by atoms with Crippen LogP contribution in [0.3, 0.4) is 0 Å². The number of rotatable bonds is 4. The van der Waals surface area contributed by atoms with Crippen LogP contribution in [0, 0.1) is 0 Å². The Hall–Kier alpha value is -2.83. The number of nitrogens with zero attached hydrogens (tertiary/aromatic N) is 3. The van der Waals surface area contributed by atoms with E-state index in [1.165, 1.54) is 4.68 Å². The van der Waals surface area contributed by atoms with Crippen LogP contribution in [-0.2, 0) is 13.6 Å². The van der Waals surface area contributed by atoms with Gasteiger partial charge in [-0.3, -0.25) is 9.48 Å². The normalized spacial score (nSPS) is 11.3. The standard InChI is InChI=1S/C13H15N5O2/c1-18-11(6-7-16-18)13(19)15-8-9-2-4-10(5-3-9)12(14)17-20/h2-7,20H,8H2,1H3,(H2,14,17)(H,15,19). The van der Waals surface area contributed by atoms with E-state index in [0.717, 1.165) is 5.56 Å². The number of nitrogens with two attached hydrogens (primary N) is 1. The number of hydrogen-bond acceptors (Lipinski definition) is 4. The van der Waals surface area contributed by atoms with Crippen LogP contribution in [0.15, 0.2) is 41.7 Å². The van der Waals surface area contributed by atoms with E-state index in [0.29, 0.717) is 17.8 Å². The van der Waals surface area contributed by atoms with Gasteiger partial charge in [0.15, 0.2) is 5.84 Å². The minimum absolute atomic E-state index is 0.0514. The topological polar surface area (TPSA) is 106 Å². The second kappa shape index (κ2) is 5.87. The van der Waals surface area contributed by atoms with Crippen molar-refractivity contribution in [2.45, 2.75) is 6.54 Å². The van der Waals surface area contributed by atoms with E-state index in [9.17, 15) is 4.79 Å². The summed E-state index contributed by atoms with van der Waals surface area (Å²) in [5.41, 5.74) is 7.50. The highest BCUT2D eigenvalue weighted by Gasteiger charge is 2.09. The summed E-state index contributed by atoms with van der Waals surface area (Å²) >= 11 is 0. The number of oxime groups is 1. The van der Waals surface area contributed by atoms with Crippen molar-refractivity contribution < 1.29 is 10.0 Å². The lowest BCUT2D eigenvalue weighted by molar-refractivity contribution is 0.0941. The number of amides is 1. The molecule has 0 saturated heterocycles.